The molecule has 0 atom stereocenters. The number of aryl methyl sites for hydroxylation is 1. The van der Waals surface area contributed by atoms with Crippen LogP contribution in [0.5, 0.6) is 11.6 Å². The highest BCUT2D eigenvalue weighted by atomic mass is 16.5. The lowest BCUT2D eigenvalue weighted by molar-refractivity contribution is 0.0349. The second-order valence-electron chi connectivity index (χ2n) is 9.37. The van der Waals surface area contributed by atoms with Crippen molar-refractivity contribution in [2.75, 3.05) is 44.5 Å². The van der Waals surface area contributed by atoms with Crippen molar-refractivity contribution in [3.63, 3.8) is 0 Å². The van der Waals surface area contributed by atoms with Crippen molar-refractivity contribution in [2.24, 2.45) is 7.05 Å². The van der Waals surface area contributed by atoms with Gasteiger partial charge in [-0.25, -0.2) is 9.97 Å². The molecule has 0 radical (unpaired) electrons. The van der Waals surface area contributed by atoms with Crippen LogP contribution in [0.3, 0.4) is 0 Å². The maximum Gasteiger partial charge on any atom is 0.233 e. The predicted octanol–water partition coefficient (Wildman–Crippen LogP) is 3.47. The zero-order valence-corrected chi connectivity index (χ0v) is 22.6. The molecule has 0 saturated carbocycles. The third kappa shape index (κ3) is 5.50. The van der Waals surface area contributed by atoms with Crippen LogP contribution >= 0.6 is 0 Å². The zero-order valence-electron chi connectivity index (χ0n) is 22.6. The molecule has 0 spiro atoms. The third-order valence-electron chi connectivity index (χ3n) is 6.48. The number of anilines is 4. The van der Waals surface area contributed by atoms with Crippen molar-refractivity contribution >= 4 is 28.8 Å². The van der Waals surface area contributed by atoms with E-state index in [9.17, 15) is 4.79 Å². The molecule has 0 bridgehead atoms. The maximum atomic E-state index is 12.9. The van der Waals surface area contributed by atoms with Crippen LogP contribution in [-0.4, -0.2) is 81.0 Å². The van der Waals surface area contributed by atoms with Gasteiger partial charge >= 0.3 is 0 Å². The number of methoxy groups -OCH3 is 1. The van der Waals surface area contributed by atoms with Crippen LogP contribution in [0.1, 0.15) is 23.7 Å². The van der Waals surface area contributed by atoms with Gasteiger partial charge in [0.1, 0.15) is 18.2 Å². The Morgan fingerprint density at radius 1 is 1.10 bits per heavy atom. The number of Topliss-reactive ketones (excluding diaryl/α,β-unsaturated/α-hetero) is 1. The van der Waals surface area contributed by atoms with Crippen molar-refractivity contribution in [2.45, 2.75) is 19.4 Å². The molecule has 4 aromatic rings. The van der Waals surface area contributed by atoms with E-state index in [-0.39, 0.29) is 11.9 Å². The van der Waals surface area contributed by atoms with E-state index >= 15 is 0 Å². The number of hydrogen-bond acceptors (Lipinski definition) is 11. The highest BCUT2D eigenvalue weighted by Crippen LogP contribution is 2.40. The van der Waals surface area contributed by atoms with Gasteiger partial charge in [-0.3, -0.25) is 14.4 Å². The SMILES string of the molecule is CCC(=O)c1cnc(Nc2ccc(OC3CN(C)C3)nn2)cc1N(C)c1cccc(-c2ncn(C)n2)c1OC. The third-order valence-corrected chi connectivity index (χ3v) is 6.48. The van der Waals surface area contributed by atoms with E-state index in [2.05, 4.69) is 35.5 Å². The summed E-state index contributed by atoms with van der Waals surface area (Å²) in [7, 11) is 7.33. The number of nitrogens with zero attached hydrogens (tertiary/aromatic N) is 8. The quantitative estimate of drug-likeness (QED) is 0.304. The Morgan fingerprint density at radius 2 is 1.92 bits per heavy atom. The van der Waals surface area contributed by atoms with Gasteiger partial charge in [-0.15, -0.1) is 10.2 Å². The van der Waals surface area contributed by atoms with Crippen LogP contribution in [0.2, 0.25) is 0 Å². The van der Waals surface area contributed by atoms with Crippen LogP contribution < -0.4 is 19.7 Å². The molecule has 39 heavy (non-hydrogen) atoms. The fourth-order valence-corrected chi connectivity index (χ4v) is 4.44. The van der Waals surface area contributed by atoms with E-state index in [0.717, 1.165) is 24.3 Å². The number of para-hydroxylation sites is 1. The fraction of sp³-hybridized carbons (Fsp3) is 0.333. The highest BCUT2D eigenvalue weighted by Gasteiger charge is 2.25. The zero-order chi connectivity index (χ0) is 27.5. The largest absolute Gasteiger partial charge is 0.494 e. The summed E-state index contributed by atoms with van der Waals surface area (Å²) >= 11 is 0. The molecule has 12 nitrogen and oxygen atoms in total. The molecular formula is C27H31N9O3. The van der Waals surface area contributed by atoms with E-state index in [4.69, 9.17) is 9.47 Å². The van der Waals surface area contributed by atoms with Crippen molar-refractivity contribution in [1.29, 1.82) is 0 Å². The van der Waals surface area contributed by atoms with E-state index < -0.39 is 0 Å². The number of likely N-dealkylation sites (N-methyl/N-ethyl adjacent to an activating group) is 1. The summed E-state index contributed by atoms with van der Waals surface area (Å²) in [5, 5.41) is 16.0. The first-order valence-electron chi connectivity index (χ1n) is 12.6. The lowest BCUT2D eigenvalue weighted by Gasteiger charge is -2.35. The standard InChI is InChI=1S/C27H31N9O3/c1-6-22(37)19-13-28-24(30-23-10-11-25(32-31-23)39-17-14-34(2)15-17)12-21(19)36(4)20-9-7-8-18(26(20)38-5)27-29-16-35(3)33-27/h7-13,16-17H,6,14-15H2,1-5H3,(H,28,30,31). The van der Waals surface area contributed by atoms with Gasteiger partial charge in [0.2, 0.25) is 5.88 Å². The summed E-state index contributed by atoms with van der Waals surface area (Å²) in [5.74, 6) is 2.60. The molecule has 0 unspecified atom stereocenters. The Kier molecular flexibility index (Phi) is 7.37. The van der Waals surface area contributed by atoms with Gasteiger partial charge in [-0.05, 0) is 25.2 Å². The van der Waals surface area contributed by atoms with Gasteiger partial charge in [-0.2, -0.15) is 5.10 Å². The van der Waals surface area contributed by atoms with Gasteiger partial charge in [0, 0.05) is 51.9 Å². The second kappa shape index (κ2) is 11.0. The molecule has 5 rings (SSSR count). The number of carbonyl (C=O) groups is 1. The number of ketones is 1. The van der Waals surface area contributed by atoms with Crippen LogP contribution in [0.4, 0.5) is 23.0 Å². The minimum Gasteiger partial charge on any atom is -0.494 e. The Labute approximate surface area is 226 Å². The van der Waals surface area contributed by atoms with Gasteiger partial charge in [0.05, 0.1) is 29.6 Å². The van der Waals surface area contributed by atoms with E-state index in [1.165, 1.54) is 0 Å². The topological polar surface area (TPSA) is 123 Å². The number of carbonyl (C=O) groups excluding carboxylic acids is 1. The van der Waals surface area contributed by atoms with Gasteiger partial charge < -0.3 is 19.7 Å². The lowest BCUT2D eigenvalue weighted by Crippen LogP contribution is -2.51. The van der Waals surface area contributed by atoms with Crippen molar-refractivity contribution in [3.05, 3.63) is 54.5 Å². The van der Waals surface area contributed by atoms with Gasteiger partial charge in [0.25, 0.3) is 0 Å². The van der Waals surface area contributed by atoms with Crippen molar-refractivity contribution < 1.29 is 14.3 Å². The molecule has 1 saturated heterocycles. The summed E-state index contributed by atoms with van der Waals surface area (Å²) in [6.45, 7) is 3.57. The molecule has 3 aromatic heterocycles. The van der Waals surface area contributed by atoms with Gasteiger partial charge in [-0.1, -0.05) is 13.0 Å². The Balaban J connectivity index is 1.44. The number of rotatable bonds is 10. The molecule has 4 heterocycles. The second-order valence-corrected chi connectivity index (χ2v) is 9.37. The number of benzene rings is 1. The van der Waals surface area contributed by atoms with Crippen molar-refractivity contribution in [1.82, 2.24) is 34.8 Å². The number of ether oxygens (including phenoxy) is 2. The predicted molar refractivity (Wildman–Crippen MR) is 147 cm³/mol. The maximum absolute atomic E-state index is 12.9. The van der Waals surface area contributed by atoms with E-state index in [1.807, 2.05) is 57.2 Å². The number of aromatic nitrogens is 6. The normalized spacial score (nSPS) is 13.6. The molecule has 1 N–H and O–H groups in total. The van der Waals surface area contributed by atoms with Crippen LogP contribution in [-0.2, 0) is 7.05 Å². The Hall–Kier alpha value is -4.58. The molecule has 1 fully saturated rings. The number of pyridine rings is 1. The van der Waals surface area contributed by atoms with Gasteiger partial charge in [0.15, 0.2) is 23.2 Å². The molecular weight excluding hydrogens is 498 g/mol. The minimum atomic E-state index is -0.0275. The monoisotopic (exact) mass is 529 g/mol. The summed E-state index contributed by atoms with van der Waals surface area (Å²) in [4.78, 5) is 25.8. The number of nitrogens with one attached hydrogen (secondary N) is 1. The molecule has 12 heteroatoms. The van der Waals surface area contributed by atoms with E-state index in [1.54, 1.807) is 36.4 Å². The smallest absolute Gasteiger partial charge is 0.233 e. The first-order chi connectivity index (χ1) is 18.9. The molecule has 0 aliphatic carbocycles. The van der Waals surface area contributed by atoms with Crippen LogP contribution in [0.25, 0.3) is 11.4 Å². The summed E-state index contributed by atoms with van der Waals surface area (Å²) in [6.07, 6.45) is 3.69. The molecule has 1 aromatic carbocycles. The average Bonchev–Trinajstić information content (AvgIpc) is 3.37. The molecule has 0 amide bonds. The summed E-state index contributed by atoms with van der Waals surface area (Å²) in [6, 6.07) is 11.1. The highest BCUT2D eigenvalue weighted by molar-refractivity contribution is 6.02. The van der Waals surface area contributed by atoms with E-state index in [0.29, 0.717) is 46.8 Å². The average molecular weight is 530 g/mol. The van der Waals surface area contributed by atoms with Crippen LogP contribution in [0.15, 0.2) is 48.9 Å². The summed E-state index contributed by atoms with van der Waals surface area (Å²) in [5.41, 5.74) is 2.64. The number of likely N-dealkylation sites (tertiary alicyclic amines) is 1. The number of hydrogen-bond donors (Lipinski definition) is 1. The molecule has 1 aliphatic rings. The van der Waals surface area contributed by atoms with Crippen LogP contribution in [0, 0.1) is 0 Å². The first-order valence-corrected chi connectivity index (χ1v) is 12.6. The Morgan fingerprint density at radius 3 is 2.56 bits per heavy atom. The van der Waals surface area contributed by atoms with Crippen molar-refractivity contribution in [3.8, 4) is 23.0 Å². The lowest BCUT2D eigenvalue weighted by atomic mass is 10.1. The molecule has 1 aliphatic heterocycles. The summed E-state index contributed by atoms with van der Waals surface area (Å²) < 4.78 is 13.3. The first kappa shape index (κ1) is 26.0. The molecule has 202 valence electrons. The minimum absolute atomic E-state index is 0.0275. The fourth-order valence-electron chi connectivity index (χ4n) is 4.44. The Bertz CT molecular complexity index is 1470.